The highest BCUT2D eigenvalue weighted by Gasteiger charge is 2.49. The Labute approximate surface area is 93.8 Å². The second-order valence-electron chi connectivity index (χ2n) is 4.56. The van der Waals surface area contributed by atoms with Crippen molar-refractivity contribution in [2.24, 2.45) is 5.41 Å². The molecule has 3 nitrogen and oxygen atoms in total. The van der Waals surface area contributed by atoms with Crippen LogP contribution >= 0.6 is 11.6 Å². The van der Waals surface area contributed by atoms with Crippen LogP contribution in [-0.4, -0.2) is 26.3 Å². The fraction of sp³-hybridized carbons (Fsp3) is 0.455. The number of nitrogens with two attached hydrogens (primary N) is 1. The molecule has 1 aromatic carbocycles. The van der Waals surface area contributed by atoms with E-state index in [9.17, 15) is 0 Å². The minimum atomic E-state index is 0.411. The second-order valence-corrected chi connectivity index (χ2v) is 4.97. The topological polar surface area (TPSA) is 38.5 Å². The lowest BCUT2D eigenvalue weighted by Crippen LogP contribution is -2.66. The Kier molecular flexibility index (Phi) is 1.88. The molecule has 0 unspecified atom stereocenters. The SMILES string of the molecule is Nc1ccc(Cl)c(N2CC3(COC3)C2)c1. The van der Waals surface area contributed by atoms with Gasteiger partial charge in [-0.25, -0.2) is 0 Å². The summed E-state index contributed by atoms with van der Waals surface area (Å²) < 4.78 is 5.23. The molecule has 0 bridgehead atoms. The molecule has 2 aliphatic rings. The van der Waals surface area contributed by atoms with Gasteiger partial charge >= 0.3 is 0 Å². The van der Waals surface area contributed by atoms with E-state index in [1.807, 2.05) is 18.2 Å². The third-order valence-corrected chi connectivity index (χ3v) is 3.50. The minimum Gasteiger partial charge on any atom is -0.399 e. The van der Waals surface area contributed by atoms with Crippen molar-refractivity contribution >= 4 is 23.0 Å². The molecule has 1 aromatic rings. The summed E-state index contributed by atoms with van der Waals surface area (Å²) in [6.45, 7) is 3.86. The summed E-state index contributed by atoms with van der Waals surface area (Å²) in [4.78, 5) is 2.27. The van der Waals surface area contributed by atoms with Crippen LogP contribution in [-0.2, 0) is 4.74 Å². The molecular formula is C11H13ClN2O. The molecule has 2 aliphatic heterocycles. The quantitative estimate of drug-likeness (QED) is 0.739. The number of hydrogen-bond donors (Lipinski definition) is 1. The molecule has 4 heteroatoms. The number of nitrogen functional groups attached to an aromatic ring is 1. The number of ether oxygens (including phenoxy) is 1. The lowest BCUT2D eigenvalue weighted by atomic mass is 9.78. The average molecular weight is 225 g/mol. The summed E-state index contributed by atoms with van der Waals surface area (Å²) in [5, 5.41) is 0.777. The van der Waals surface area contributed by atoms with Crippen molar-refractivity contribution in [3.63, 3.8) is 0 Å². The maximum atomic E-state index is 6.13. The highest BCUT2D eigenvalue weighted by atomic mass is 35.5. The van der Waals surface area contributed by atoms with Gasteiger partial charge in [-0.3, -0.25) is 0 Å². The van der Waals surface area contributed by atoms with Crippen LogP contribution < -0.4 is 10.6 Å². The molecule has 0 saturated carbocycles. The first-order valence-electron chi connectivity index (χ1n) is 5.06. The first kappa shape index (κ1) is 9.31. The highest BCUT2D eigenvalue weighted by Crippen LogP contribution is 2.42. The van der Waals surface area contributed by atoms with Gasteiger partial charge in [-0.15, -0.1) is 0 Å². The van der Waals surface area contributed by atoms with E-state index in [2.05, 4.69) is 4.90 Å². The van der Waals surface area contributed by atoms with E-state index < -0.39 is 0 Å². The van der Waals surface area contributed by atoms with Gasteiger partial charge in [0.25, 0.3) is 0 Å². The number of benzene rings is 1. The zero-order chi connectivity index (χ0) is 10.5. The Morgan fingerprint density at radius 1 is 1.33 bits per heavy atom. The van der Waals surface area contributed by atoms with E-state index in [4.69, 9.17) is 22.1 Å². The summed E-state index contributed by atoms with van der Waals surface area (Å²) in [7, 11) is 0. The maximum absolute atomic E-state index is 6.13. The standard InChI is InChI=1S/C11H13ClN2O/c12-9-2-1-8(13)3-10(9)14-4-11(5-14)6-15-7-11/h1-3H,4-7,13H2. The number of anilines is 2. The van der Waals surface area contributed by atoms with Crippen LogP contribution in [0.25, 0.3) is 0 Å². The predicted octanol–water partition coefficient (Wildman–Crippen LogP) is 1.76. The zero-order valence-corrected chi connectivity index (χ0v) is 9.13. The average Bonchev–Trinajstić information content (AvgIpc) is 2.06. The maximum Gasteiger partial charge on any atom is 0.0641 e. The van der Waals surface area contributed by atoms with Crippen LogP contribution in [0.2, 0.25) is 5.02 Å². The van der Waals surface area contributed by atoms with E-state index >= 15 is 0 Å². The summed E-state index contributed by atoms with van der Waals surface area (Å²) in [5.74, 6) is 0. The van der Waals surface area contributed by atoms with E-state index in [-0.39, 0.29) is 0 Å². The molecule has 0 atom stereocenters. The molecule has 0 radical (unpaired) electrons. The van der Waals surface area contributed by atoms with E-state index in [1.165, 1.54) is 0 Å². The van der Waals surface area contributed by atoms with Gasteiger partial charge in [-0.2, -0.15) is 0 Å². The Hall–Kier alpha value is -0.930. The Morgan fingerprint density at radius 3 is 2.67 bits per heavy atom. The molecule has 3 rings (SSSR count). The molecule has 0 aliphatic carbocycles. The molecule has 0 aromatic heterocycles. The third kappa shape index (κ3) is 1.38. The van der Waals surface area contributed by atoms with Crippen LogP contribution in [0.3, 0.4) is 0 Å². The fourth-order valence-corrected chi connectivity index (χ4v) is 2.52. The molecule has 2 N–H and O–H groups in total. The number of rotatable bonds is 1. The molecule has 80 valence electrons. The van der Waals surface area contributed by atoms with Crippen molar-refractivity contribution in [1.29, 1.82) is 0 Å². The van der Waals surface area contributed by atoms with Gasteiger partial charge in [0.1, 0.15) is 0 Å². The van der Waals surface area contributed by atoms with Crippen molar-refractivity contribution in [1.82, 2.24) is 0 Å². The van der Waals surface area contributed by atoms with Crippen molar-refractivity contribution in [2.75, 3.05) is 36.9 Å². The molecule has 0 amide bonds. The predicted molar refractivity (Wildman–Crippen MR) is 61.3 cm³/mol. The molecule has 2 saturated heterocycles. The highest BCUT2D eigenvalue weighted by molar-refractivity contribution is 6.33. The lowest BCUT2D eigenvalue weighted by Gasteiger charge is -2.56. The number of nitrogens with zero attached hydrogens (tertiary/aromatic N) is 1. The van der Waals surface area contributed by atoms with Crippen molar-refractivity contribution in [3.05, 3.63) is 23.2 Å². The molecule has 2 fully saturated rings. The Morgan fingerprint density at radius 2 is 2.07 bits per heavy atom. The number of halogens is 1. The summed E-state index contributed by atoms with van der Waals surface area (Å²) in [6, 6.07) is 5.62. The van der Waals surface area contributed by atoms with E-state index in [0.717, 1.165) is 42.7 Å². The summed E-state index contributed by atoms with van der Waals surface area (Å²) in [5.41, 5.74) is 7.97. The van der Waals surface area contributed by atoms with Crippen LogP contribution in [0.4, 0.5) is 11.4 Å². The largest absolute Gasteiger partial charge is 0.399 e. The zero-order valence-electron chi connectivity index (χ0n) is 8.37. The normalized spacial score (nSPS) is 22.3. The lowest BCUT2D eigenvalue weighted by molar-refractivity contribution is -0.127. The van der Waals surface area contributed by atoms with E-state index in [1.54, 1.807) is 0 Å². The van der Waals surface area contributed by atoms with Gasteiger partial charge in [0.05, 0.1) is 29.3 Å². The van der Waals surface area contributed by atoms with Gasteiger partial charge in [0.2, 0.25) is 0 Å². The molecule has 2 heterocycles. The van der Waals surface area contributed by atoms with Gasteiger partial charge in [0, 0.05) is 18.8 Å². The van der Waals surface area contributed by atoms with Crippen molar-refractivity contribution < 1.29 is 4.74 Å². The second kappa shape index (κ2) is 3.03. The molecule has 1 spiro atoms. The summed E-state index contributed by atoms with van der Waals surface area (Å²) in [6.07, 6.45) is 0. The van der Waals surface area contributed by atoms with Gasteiger partial charge in [0.15, 0.2) is 0 Å². The monoisotopic (exact) mass is 224 g/mol. The van der Waals surface area contributed by atoms with Gasteiger partial charge in [-0.1, -0.05) is 11.6 Å². The molecule has 15 heavy (non-hydrogen) atoms. The first-order chi connectivity index (χ1) is 7.19. The van der Waals surface area contributed by atoms with Crippen molar-refractivity contribution in [2.45, 2.75) is 0 Å². The van der Waals surface area contributed by atoms with E-state index in [0.29, 0.717) is 5.41 Å². The Bertz CT molecular complexity index is 396. The smallest absolute Gasteiger partial charge is 0.0641 e. The van der Waals surface area contributed by atoms with Crippen LogP contribution in [0.15, 0.2) is 18.2 Å². The third-order valence-electron chi connectivity index (χ3n) is 3.18. The van der Waals surface area contributed by atoms with Crippen molar-refractivity contribution in [3.8, 4) is 0 Å². The van der Waals surface area contributed by atoms with Crippen LogP contribution in [0.1, 0.15) is 0 Å². The molecular weight excluding hydrogens is 212 g/mol. The van der Waals surface area contributed by atoms with Gasteiger partial charge in [-0.05, 0) is 18.2 Å². The summed E-state index contributed by atoms with van der Waals surface area (Å²) >= 11 is 6.13. The Balaban J connectivity index is 1.80. The van der Waals surface area contributed by atoms with Crippen LogP contribution in [0, 0.1) is 5.41 Å². The van der Waals surface area contributed by atoms with Crippen LogP contribution in [0.5, 0.6) is 0 Å². The minimum absolute atomic E-state index is 0.411. The fourth-order valence-electron chi connectivity index (χ4n) is 2.28. The first-order valence-corrected chi connectivity index (χ1v) is 5.44. The van der Waals surface area contributed by atoms with Gasteiger partial charge < -0.3 is 15.4 Å². The number of hydrogen-bond acceptors (Lipinski definition) is 3.